The Bertz CT molecular complexity index is 1200. The van der Waals surface area contributed by atoms with Gasteiger partial charge in [-0.15, -0.1) is 11.3 Å². The van der Waals surface area contributed by atoms with Gasteiger partial charge >= 0.3 is 0 Å². The van der Waals surface area contributed by atoms with Crippen molar-refractivity contribution in [1.29, 1.82) is 0 Å². The third kappa shape index (κ3) is 4.35. The Labute approximate surface area is 182 Å². The molecule has 1 amide bonds. The van der Waals surface area contributed by atoms with Crippen LogP contribution in [0, 0.1) is 5.82 Å². The summed E-state index contributed by atoms with van der Waals surface area (Å²) in [4.78, 5) is 21.6. The van der Waals surface area contributed by atoms with E-state index in [1.54, 1.807) is 23.5 Å². The van der Waals surface area contributed by atoms with Crippen molar-refractivity contribution in [2.24, 2.45) is 0 Å². The number of hydrogen-bond acceptors (Lipinski definition) is 6. The van der Waals surface area contributed by atoms with Gasteiger partial charge in [0.2, 0.25) is 5.91 Å². The summed E-state index contributed by atoms with van der Waals surface area (Å²) in [5, 5.41) is 8.00. The van der Waals surface area contributed by atoms with Crippen LogP contribution in [0.25, 0.3) is 22.2 Å². The fourth-order valence-corrected chi connectivity index (χ4v) is 4.65. The molecule has 2 aromatic heterocycles. The molecule has 0 aliphatic carbocycles. The van der Waals surface area contributed by atoms with Crippen molar-refractivity contribution in [3.63, 3.8) is 0 Å². The van der Waals surface area contributed by atoms with Crippen molar-refractivity contribution in [2.45, 2.75) is 13.0 Å². The van der Waals surface area contributed by atoms with Gasteiger partial charge in [0.05, 0.1) is 18.7 Å². The first-order valence-electron chi connectivity index (χ1n) is 10.2. The molecule has 1 saturated heterocycles. The van der Waals surface area contributed by atoms with Gasteiger partial charge < -0.3 is 9.42 Å². The van der Waals surface area contributed by atoms with Crippen LogP contribution in [0.1, 0.15) is 10.7 Å². The highest BCUT2D eigenvalue weighted by Crippen LogP contribution is 2.24. The molecule has 0 radical (unpaired) electrons. The van der Waals surface area contributed by atoms with Gasteiger partial charge in [-0.05, 0) is 36.4 Å². The van der Waals surface area contributed by atoms with E-state index in [0.29, 0.717) is 24.4 Å². The molecule has 0 unspecified atom stereocenters. The minimum atomic E-state index is -0.247. The van der Waals surface area contributed by atoms with Gasteiger partial charge in [0.15, 0.2) is 5.58 Å². The molecule has 0 N–H and O–H groups in total. The second-order valence-corrected chi connectivity index (χ2v) is 8.54. The van der Waals surface area contributed by atoms with E-state index in [1.165, 1.54) is 12.1 Å². The second kappa shape index (κ2) is 8.56. The first-order valence-corrected chi connectivity index (χ1v) is 11.1. The number of halogens is 1. The average molecular weight is 437 g/mol. The molecule has 1 aliphatic heterocycles. The number of aromatic nitrogens is 2. The fraction of sp³-hybridized carbons (Fsp3) is 0.261. The normalized spacial score (nSPS) is 14.9. The molecule has 0 spiro atoms. The topological polar surface area (TPSA) is 62.5 Å². The van der Waals surface area contributed by atoms with E-state index in [0.717, 1.165) is 41.3 Å². The molecule has 4 aromatic rings. The lowest BCUT2D eigenvalue weighted by molar-refractivity contribution is -0.132. The monoisotopic (exact) mass is 436 g/mol. The number of nitrogens with zero attached hydrogens (tertiary/aromatic N) is 4. The Morgan fingerprint density at radius 1 is 1.06 bits per heavy atom. The van der Waals surface area contributed by atoms with Crippen LogP contribution >= 0.6 is 11.3 Å². The van der Waals surface area contributed by atoms with E-state index in [1.807, 2.05) is 34.5 Å². The van der Waals surface area contributed by atoms with Gasteiger partial charge in [-0.25, -0.2) is 9.37 Å². The van der Waals surface area contributed by atoms with Crippen LogP contribution < -0.4 is 0 Å². The first-order chi connectivity index (χ1) is 15.2. The molecule has 0 bridgehead atoms. The number of thiazole rings is 1. The van der Waals surface area contributed by atoms with Crippen molar-refractivity contribution in [2.75, 3.05) is 26.2 Å². The summed E-state index contributed by atoms with van der Waals surface area (Å²) in [7, 11) is 0. The van der Waals surface area contributed by atoms with Gasteiger partial charge in [0.25, 0.3) is 0 Å². The number of benzene rings is 2. The molecule has 5 rings (SSSR count). The predicted molar refractivity (Wildman–Crippen MR) is 117 cm³/mol. The molecule has 31 heavy (non-hydrogen) atoms. The van der Waals surface area contributed by atoms with Crippen molar-refractivity contribution in [1.82, 2.24) is 19.9 Å². The lowest BCUT2D eigenvalue weighted by atomic mass is 10.1. The van der Waals surface area contributed by atoms with Crippen LogP contribution in [0.3, 0.4) is 0 Å². The van der Waals surface area contributed by atoms with Crippen LogP contribution in [0.2, 0.25) is 0 Å². The van der Waals surface area contributed by atoms with Crippen LogP contribution in [0.15, 0.2) is 58.4 Å². The summed E-state index contributed by atoms with van der Waals surface area (Å²) >= 11 is 1.61. The highest BCUT2D eigenvalue weighted by molar-refractivity contribution is 7.09. The number of carbonyl (C=O) groups excluding carboxylic acids is 1. The maximum atomic E-state index is 13.1. The number of carbonyl (C=O) groups is 1. The average Bonchev–Trinajstić information content (AvgIpc) is 3.42. The number of fused-ring (bicyclic) bond motifs is 1. The lowest BCUT2D eigenvalue weighted by Gasteiger charge is -2.34. The van der Waals surface area contributed by atoms with Gasteiger partial charge in [-0.1, -0.05) is 17.3 Å². The van der Waals surface area contributed by atoms with Gasteiger partial charge in [0, 0.05) is 42.5 Å². The zero-order valence-corrected chi connectivity index (χ0v) is 17.6. The van der Waals surface area contributed by atoms with Crippen molar-refractivity contribution in [3.8, 4) is 11.3 Å². The Morgan fingerprint density at radius 2 is 1.84 bits per heavy atom. The Morgan fingerprint density at radius 3 is 2.65 bits per heavy atom. The number of piperazine rings is 1. The van der Waals surface area contributed by atoms with Gasteiger partial charge in [-0.2, -0.15) is 0 Å². The largest absolute Gasteiger partial charge is 0.356 e. The zero-order chi connectivity index (χ0) is 21.2. The third-order valence-electron chi connectivity index (χ3n) is 5.55. The zero-order valence-electron chi connectivity index (χ0n) is 16.8. The first kappa shape index (κ1) is 19.8. The van der Waals surface area contributed by atoms with Crippen molar-refractivity contribution >= 4 is 28.2 Å². The number of hydrogen-bond donors (Lipinski definition) is 0. The van der Waals surface area contributed by atoms with Crippen LogP contribution in [0.5, 0.6) is 0 Å². The SMILES string of the molecule is O=C(Cc1noc2ccccc12)N1CCN(Cc2nc(-c3ccc(F)cc3)cs2)CC1. The summed E-state index contributed by atoms with van der Waals surface area (Å²) in [5.74, 6) is -0.171. The summed E-state index contributed by atoms with van der Waals surface area (Å²) in [5.41, 5.74) is 3.19. The van der Waals surface area contributed by atoms with Crippen LogP contribution in [-0.4, -0.2) is 52.0 Å². The maximum Gasteiger partial charge on any atom is 0.228 e. The minimum Gasteiger partial charge on any atom is -0.356 e. The Kier molecular flexibility index (Phi) is 5.48. The summed E-state index contributed by atoms with van der Waals surface area (Å²) in [6.45, 7) is 3.73. The van der Waals surface area contributed by atoms with Gasteiger partial charge in [-0.3, -0.25) is 9.69 Å². The molecule has 6 nitrogen and oxygen atoms in total. The van der Waals surface area contributed by atoms with E-state index in [-0.39, 0.29) is 18.1 Å². The molecule has 1 fully saturated rings. The highest BCUT2D eigenvalue weighted by atomic mass is 32.1. The molecule has 1 aliphatic rings. The van der Waals surface area contributed by atoms with E-state index >= 15 is 0 Å². The molecule has 2 aromatic carbocycles. The van der Waals surface area contributed by atoms with Crippen molar-refractivity contribution < 1.29 is 13.7 Å². The molecule has 158 valence electrons. The van der Waals surface area contributed by atoms with Crippen LogP contribution in [0.4, 0.5) is 4.39 Å². The Hall–Kier alpha value is -3.10. The van der Waals surface area contributed by atoms with E-state index in [9.17, 15) is 9.18 Å². The molecule has 3 heterocycles. The van der Waals surface area contributed by atoms with Crippen LogP contribution in [-0.2, 0) is 17.8 Å². The summed E-state index contributed by atoms with van der Waals surface area (Å²) in [6, 6.07) is 14.0. The molecule has 0 saturated carbocycles. The standard InChI is InChI=1S/C23H21FN4O2S/c24-17-7-5-16(6-8-17)20-15-31-22(25-20)14-27-9-11-28(12-10-27)23(29)13-19-18-3-1-2-4-21(18)30-26-19/h1-8,15H,9-14H2. The third-order valence-corrected chi connectivity index (χ3v) is 6.38. The van der Waals surface area contributed by atoms with E-state index < -0.39 is 0 Å². The maximum absolute atomic E-state index is 13.1. The molecule has 0 atom stereocenters. The number of amides is 1. The fourth-order valence-electron chi connectivity index (χ4n) is 3.80. The predicted octanol–water partition coefficient (Wildman–Crippen LogP) is 3.98. The highest BCUT2D eigenvalue weighted by Gasteiger charge is 2.23. The smallest absolute Gasteiger partial charge is 0.228 e. The summed E-state index contributed by atoms with van der Waals surface area (Å²) < 4.78 is 18.4. The Balaban J connectivity index is 1.15. The quantitative estimate of drug-likeness (QED) is 0.474. The minimum absolute atomic E-state index is 0.0755. The van der Waals surface area contributed by atoms with Gasteiger partial charge in [0.1, 0.15) is 16.5 Å². The molecular weight excluding hydrogens is 415 g/mol. The van der Waals surface area contributed by atoms with E-state index in [2.05, 4.69) is 10.1 Å². The molecule has 8 heteroatoms. The van der Waals surface area contributed by atoms with Crippen molar-refractivity contribution in [3.05, 3.63) is 70.4 Å². The molecular formula is C23H21FN4O2S. The number of para-hydroxylation sites is 1. The number of rotatable bonds is 5. The summed E-state index contributed by atoms with van der Waals surface area (Å²) in [6.07, 6.45) is 0.254. The van der Waals surface area contributed by atoms with E-state index in [4.69, 9.17) is 9.51 Å². The lowest BCUT2D eigenvalue weighted by Crippen LogP contribution is -2.48. The second-order valence-electron chi connectivity index (χ2n) is 7.59.